The molecule has 1 unspecified atom stereocenters. The van der Waals surface area contributed by atoms with Gasteiger partial charge in [-0.1, -0.05) is 0 Å². The smallest absolute Gasteiger partial charge is 0.246 e. The number of thioether (sulfide) groups is 1. The molecule has 0 aromatic rings. The van der Waals surface area contributed by atoms with Crippen LogP contribution in [-0.2, 0) is 14.4 Å². The number of likely N-dealkylation sites (tertiary alicyclic amines) is 1. The predicted octanol–water partition coefficient (Wildman–Crippen LogP) is -0.211. The molecule has 3 aliphatic heterocycles. The van der Waals surface area contributed by atoms with E-state index in [2.05, 4.69) is 5.32 Å². The Bertz CT molecular complexity index is 437. The van der Waals surface area contributed by atoms with Crippen LogP contribution in [0.2, 0.25) is 0 Å². The average Bonchev–Trinajstić information content (AvgIpc) is 3.18. The van der Waals surface area contributed by atoms with Crippen LogP contribution in [0.1, 0.15) is 25.7 Å². The molecule has 3 rings (SSSR count). The average molecular weight is 297 g/mol. The summed E-state index contributed by atoms with van der Waals surface area (Å²) in [6.45, 7) is 1.62. The Labute approximate surface area is 122 Å². The van der Waals surface area contributed by atoms with E-state index in [1.54, 1.807) is 16.7 Å². The lowest BCUT2D eigenvalue weighted by Gasteiger charge is -2.28. The molecule has 0 bridgehead atoms. The number of amides is 3. The van der Waals surface area contributed by atoms with E-state index >= 15 is 0 Å². The first-order valence-electron chi connectivity index (χ1n) is 7.13. The van der Waals surface area contributed by atoms with E-state index in [0.717, 1.165) is 25.9 Å². The third kappa shape index (κ3) is 2.51. The maximum Gasteiger partial charge on any atom is 0.246 e. The van der Waals surface area contributed by atoms with E-state index in [1.165, 1.54) is 0 Å². The largest absolute Gasteiger partial charge is 0.344 e. The summed E-state index contributed by atoms with van der Waals surface area (Å²) < 4.78 is 0. The van der Waals surface area contributed by atoms with Gasteiger partial charge < -0.3 is 15.1 Å². The van der Waals surface area contributed by atoms with Gasteiger partial charge in [-0.15, -0.1) is 11.8 Å². The fourth-order valence-electron chi connectivity index (χ4n) is 3.01. The second kappa shape index (κ2) is 5.63. The zero-order valence-corrected chi connectivity index (χ0v) is 12.2. The molecular formula is C13H19N3O3S. The molecular weight excluding hydrogens is 278 g/mol. The molecule has 3 aliphatic rings. The van der Waals surface area contributed by atoms with E-state index < -0.39 is 6.04 Å². The summed E-state index contributed by atoms with van der Waals surface area (Å²) in [6.07, 6.45) is 3.06. The van der Waals surface area contributed by atoms with Crippen molar-refractivity contribution >= 4 is 29.5 Å². The molecule has 0 aromatic carbocycles. The van der Waals surface area contributed by atoms with Gasteiger partial charge in [-0.05, 0) is 19.3 Å². The quantitative estimate of drug-likeness (QED) is 0.765. The first kappa shape index (κ1) is 13.7. The van der Waals surface area contributed by atoms with Crippen LogP contribution in [0.4, 0.5) is 0 Å². The van der Waals surface area contributed by atoms with Crippen LogP contribution in [0.25, 0.3) is 0 Å². The molecule has 1 N–H and O–H groups in total. The van der Waals surface area contributed by atoms with Gasteiger partial charge in [0, 0.05) is 25.3 Å². The van der Waals surface area contributed by atoms with Crippen LogP contribution in [0.5, 0.6) is 0 Å². The van der Waals surface area contributed by atoms with E-state index in [4.69, 9.17) is 0 Å². The maximum absolute atomic E-state index is 12.5. The van der Waals surface area contributed by atoms with Crippen LogP contribution in [0.15, 0.2) is 0 Å². The summed E-state index contributed by atoms with van der Waals surface area (Å²) in [5, 5.41) is 2.70. The molecule has 0 spiro atoms. The Morgan fingerprint density at radius 2 is 1.95 bits per heavy atom. The highest BCUT2D eigenvalue weighted by molar-refractivity contribution is 7.99. The van der Waals surface area contributed by atoms with Crippen molar-refractivity contribution in [2.24, 2.45) is 0 Å². The van der Waals surface area contributed by atoms with Crippen molar-refractivity contribution in [3.8, 4) is 0 Å². The normalized spacial score (nSPS) is 29.9. The first-order chi connectivity index (χ1) is 9.66. The summed E-state index contributed by atoms with van der Waals surface area (Å²) in [5.74, 6) is 1.12. The number of nitrogens with one attached hydrogen (secondary N) is 1. The molecule has 2 atom stereocenters. The van der Waals surface area contributed by atoms with E-state index in [1.807, 2.05) is 4.90 Å². The number of rotatable bonds is 2. The molecule has 20 heavy (non-hydrogen) atoms. The van der Waals surface area contributed by atoms with Gasteiger partial charge in [0.1, 0.15) is 12.1 Å². The highest BCUT2D eigenvalue weighted by Crippen LogP contribution is 2.26. The third-order valence-corrected chi connectivity index (χ3v) is 5.17. The highest BCUT2D eigenvalue weighted by Gasteiger charge is 2.41. The standard InChI is InChI=1S/C13H19N3O3S/c17-11-4-3-9(14-11)12(18)16-8-20-7-10(16)13(19)15-5-1-2-6-15/h9-10H,1-8H2,(H,14,17)/t9?,10-/m1/s1. The topological polar surface area (TPSA) is 69.7 Å². The Balaban J connectivity index is 1.67. The molecule has 0 saturated carbocycles. The Kier molecular flexibility index (Phi) is 3.87. The molecule has 3 saturated heterocycles. The van der Waals surface area contributed by atoms with Crippen molar-refractivity contribution in [3.63, 3.8) is 0 Å². The monoisotopic (exact) mass is 297 g/mol. The molecule has 0 aliphatic carbocycles. The highest BCUT2D eigenvalue weighted by atomic mass is 32.2. The molecule has 0 aromatic heterocycles. The SMILES string of the molecule is O=C1CCC(C(=O)N2CSC[C@@H]2C(=O)N2CCCC2)N1. The zero-order valence-electron chi connectivity index (χ0n) is 11.3. The molecule has 3 heterocycles. The molecule has 6 nitrogen and oxygen atoms in total. The van der Waals surface area contributed by atoms with Crippen LogP contribution in [0.3, 0.4) is 0 Å². The number of hydrogen-bond acceptors (Lipinski definition) is 4. The van der Waals surface area contributed by atoms with Crippen molar-refractivity contribution in [3.05, 3.63) is 0 Å². The van der Waals surface area contributed by atoms with Crippen LogP contribution < -0.4 is 5.32 Å². The van der Waals surface area contributed by atoms with Crippen molar-refractivity contribution in [2.45, 2.75) is 37.8 Å². The van der Waals surface area contributed by atoms with Crippen molar-refractivity contribution < 1.29 is 14.4 Å². The number of carbonyl (C=O) groups is 3. The van der Waals surface area contributed by atoms with Gasteiger partial charge in [0.2, 0.25) is 17.7 Å². The Morgan fingerprint density at radius 3 is 2.60 bits per heavy atom. The lowest BCUT2D eigenvalue weighted by atomic mass is 10.1. The summed E-state index contributed by atoms with van der Waals surface area (Å²) in [7, 11) is 0. The molecule has 7 heteroatoms. The van der Waals surface area contributed by atoms with Gasteiger partial charge in [-0.25, -0.2) is 0 Å². The Hall–Kier alpha value is -1.24. The second-order valence-corrected chi connectivity index (χ2v) is 6.51. The van der Waals surface area contributed by atoms with Gasteiger partial charge in [0.05, 0.1) is 5.88 Å². The minimum absolute atomic E-state index is 0.0716. The van der Waals surface area contributed by atoms with Gasteiger partial charge in [0.15, 0.2) is 0 Å². The summed E-state index contributed by atoms with van der Waals surface area (Å²) in [4.78, 5) is 39.7. The van der Waals surface area contributed by atoms with Crippen molar-refractivity contribution in [2.75, 3.05) is 24.7 Å². The fourth-order valence-corrected chi connectivity index (χ4v) is 4.17. The van der Waals surface area contributed by atoms with Crippen LogP contribution in [0, 0.1) is 0 Å². The molecule has 3 fully saturated rings. The van der Waals surface area contributed by atoms with E-state index in [-0.39, 0.29) is 23.8 Å². The molecule has 3 amide bonds. The van der Waals surface area contributed by atoms with Gasteiger partial charge >= 0.3 is 0 Å². The first-order valence-corrected chi connectivity index (χ1v) is 8.28. The number of nitrogens with zero attached hydrogens (tertiary/aromatic N) is 2. The maximum atomic E-state index is 12.5. The zero-order chi connectivity index (χ0) is 14.1. The van der Waals surface area contributed by atoms with Crippen LogP contribution in [-0.4, -0.2) is 64.3 Å². The van der Waals surface area contributed by atoms with Gasteiger partial charge in [0.25, 0.3) is 0 Å². The summed E-state index contributed by atoms with van der Waals surface area (Å²) in [6, 6.07) is -0.779. The minimum atomic E-state index is -0.435. The van der Waals surface area contributed by atoms with Gasteiger partial charge in [-0.2, -0.15) is 0 Å². The summed E-state index contributed by atoms with van der Waals surface area (Å²) >= 11 is 1.61. The fraction of sp³-hybridized carbons (Fsp3) is 0.769. The summed E-state index contributed by atoms with van der Waals surface area (Å²) in [5.41, 5.74) is 0. The Morgan fingerprint density at radius 1 is 1.20 bits per heavy atom. The van der Waals surface area contributed by atoms with Crippen molar-refractivity contribution in [1.82, 2.24) is 15.1 Å². The van der Waals surface area contributed by atoms with Gasteiger partial charge in [-0.3, -0.25) is 14.4 Å². The van der Waals surface area contributed by atoms with E-state index in [9.17, 15) is 14.4 Å². The minimum Gasteiger partial charge on any atom is -0.344 e. The molecule has 110 valence electrons. The third-order valence-electron chi connectivity index (χ3n) is 4.16. The number of hydrogen-bond donors (Lipinski definition) is 1. The van der Waals surface area contributed by atoms with E-state index in [0.29, 0.717) is 24.5 Å². The lowest BCUT2D eigenvalue weighted by Crippen LogP contribution is -2.52. The molecule has 0 radical (unpaired) electrons. The van der Waals surface area contributed by atoms with Crippen molar-refractivity contribution in [1.29, 1.82) is 0 Å². The van der Waals surface area contributed by atoms with Crippen LogP contribution >= 0.6 is 11.8 Å². The number of carbonyl (C=O) groups excluding carboxylic acids is 3. The lowest BCUT2D eigenvalue weighted by molar-refractivity contribution is -0.143. The second-order valence-electron chi connectivity index (χ2n) is 5.51. The predicted molar refractivity (Wildman–Crippen MR) is 74.9 cm³/mol.